The van der Waals surface area contributed by atoms with Crippen molar-refractivity contribution >= 4 is 16.1 Å². The third-order valence-corrected chi connectivity index (χ3v) is 3.59. The van der Waals surface area contributed by atoms with E-state index in [0.717, 1.165) is 24.3 Å². The third-order valence-electron chi connectivity index (χ3n) is 2.33. The number of carbonyl (C=O) groups is 1. The van der Waals surface area contributed by atoms with Crippen LogP contribution in [0.25, 0.3) is 0 Å². The average molecular weight is 277 g/mol. The van der Waals surface area contributed by atoms with E-state index in [2.05, 4.69) is 0 Å². The van der Waals surface area contributed by atoms with E-state index in [9.17, 15) is 18.3 Å². The van der Waals surface area contributed by atoms with Crippen molar-refractivity contribution in [3.05, 3.63) is 60.2 Å². The smallest absolute Gasteiger partial charge is 0.339 e. The Balaban J connectivity index is 2.27. The lowest BCUT2D eigenvalue weighted by atomic mass is 10.2. The van der Waals surface area contributed by atoms with Crippen molar-refractivity contribution in [1.82, 2.24) is 0 Å². The van der Waals surface area contributed by atoms with E-state index in [1.165, 1.54) is 12.1 Å². The maximum absolute atomic E-state index is 11.9. The van der Waals surface area contributed by atoms with Crippen LogP contribution in [-0.4, -0.2) is 14.4 Å². The van der Waals surface area contributed by atoms with Gasteiger partial charge in [-0.25, -0.2) is 0 Å². The molecule has 5 nitrogen and oxygen atoms in total. The van der Waals surface area contributed by atoms with E-state index in [0.29, 0.717) is 0 Å². The quantitative estimate of drug-likeness (QED) is 0.772. The molecule has 0 unspecified atom stereocenters. The van der Waals surface area contributed by atoms with Crippen LogP contribution in [0.15, 0.2) is 59.5 Å². The molecule has 0 aliphatic heterocycles. The maximum Gasteiger partial charge on any atom is 0.339 e. The second kappa shape index (κ2) is 5.11. The Morgan fingerprint density at radius 3 is 2.05 bits per heavy atom. The SMILES string of the molecule is O=C([O-])c1ccc(S(=O)(=O)Oc2ccccc2)cc1. The molecule has 0 radical (unpaired) electrons. The van der Waals surface area contributed by atoms with Gasteiger partial charge in [0.1, 0.15) is 10.6 Å². The predicted octanol–water partition coefficient (Wildman–Crippen LogP) is 0.818. The van der Waals surface area contributed by atoms with Crippen molar-refractivity contribution in [2.45, 2.75) is 4.90 Å². The monoisotopic (exact) mass is 277 g/mol. The number of hydrogen-bond donors (Lipinski definition) is 0. The van der Waals surface area contributed by atoms with Crippen LogP contribution in [-0.2, 0) is 10.1 Å². The number of benzene rings is 2. The van der Waals surface area contributed by atoms with Gasteiger partial charge < -0.3 is 14.1 Å². The van der Waals surface area contributed by atoms with Gasteiger partial charge in [0.15, 0.2) is 0 Å². The lowest BCUT2D eigenvalue weighted by Gasteiger charge is -2.08. The number of carboxylic acid groups (broad SMARTS) is 1. The van der Waals surface area contributed by atoms with Crippen LogP contribution >= 0.6 is 0 Å². The molecule has 0 saturated carbocycles. The molecule has 0 aliphatic carbocycles. The van der Waals surface area contributed by atoms with Gasteiger partial charge in [-0.1, -0.05) is 30.3 Å². The van der Waals surface area contributed by atoms with Crippen LogP contribution in [0.4, 0.5) is 0 Å². The van der Waals surface area contributed by atoms with Crippen LogP contribution in [0.2, 0.25) is 0 Å². The summed E-state index contributed by atoms with van der Waals surface area (Å²) in [6.45, 7) is 0. The highest BCUT2D eigenvalue weighted by molar-refractivity contribution is 7.87. The maximum atomic E-state index is 11.9. The largest absolute Gasteiger partial charge is 0.545 e. The molecule has 0 spiro atoms. The minimum absolute atomic E-state index is 0.0985. The fraction of sp³-hybridized carbons (Fsp3) is 0. The minimum atomic E-state index is -3.97. The molecule has 2 aromatic carbocycles. The highest BCUT2D eigenvalue weighted by Crippen LogP contribution is 2.18. The average Bonchev–Trinajstić information content (AvgIpc) is 2.39. The summed E-state index contributed by atoms with van der Waals surface area (Å²) in [4.78, 5) is 10.4. The molecule has 0 heterocycles. The molecule has 6 heteroatoms. The highest BCUT2D eigenvalue weighted by Gasteiger charge is 2.16. The van der Waals surface area contributed by atoms with Gasteiger partial charge in [-0.2, -0.15) is 8.42 Å². The third kappa shape index (κ3) is 3.11. The fourth-order valence-electron chi connectivity index (χ4n) is 1.41. The topological polar surface area (TPSA) is 83.5 Å². The summed E-state index contributed by atoms with van der Waals surface area (Å²) in [5, 5.41) is 10.6. The second-order valence-corrected chi connectivity index (χ2v) is 5.21. The first-order valence-corrected chi connectivity index (χ1v) is 6.71. The van der Waals surface area contributed by atoms with Crippen molar-refractivity contribution in [2.24, 2.45) is 0 Å². The molecular formula is C13H9O5S-. The van der Waals surface area contributed by atoms with E-state index in [4.69, 9.17) is 4.18 Å². The van der Waals surface area contributed by atoms with Crippen molar-refractivity contribution in [2.75, 3.05) is 0 Å². The molecule has 0 bridgehead atoms. The van der Waals surface area contributed by atoms with Gasteiger partial charge in [0, 0.05) is 0 Å². The van der Waals surface area contributed by atoms with Crippen LogP contribution in [0.1, 0.15) is 10.4 Å². The van der Waals surface area contributed by atoms with Crippen LogP contribution in [0.3, 0.4) is 0 Å². The van der Waals surface area contributed by atoms with E-state index >= 15 is 0 Å². The minimum Gasteiger partial charge on any atom is -0.545 e. The molecule has 0 saturated heterocycles. The lowest BCUT2D eigenvalue weighted by Crippen LogP contribution is -2.22. The number of rotatable bonds is 4. The summed E-state index contributed by atoms with van der Waals surface area (Å²) >= 11 is 0. The number of para-hydroxylation sites is 1. The summed E-state index contributed by atoms with van der Waals surface area (Å²) in [5.41, 5.74) is -0.0985. The standard InChI is InChI=1S/C13H10O5S/c14-13(15)10-6-8-12(9-7-10)19(16,17)18-11-4-2-1-3-5-11/h1-9H,(H,14,15)/p-1. The zero-order chi connectivity index (χ0) is 13.9. The summed E-state index contributed by atoms with van der Waals surface area (Å²) < 4.78 is 28.7. The Morgan fingerprint density at radius 2 is 1.53 bits per heavy atom. The van der Waals surface area contributed by atoms with Crippen LogP contribution < -0.4 is 9.29 Å². The lowest BCUT2D eigenvalue weighted by molar-refractivity contribution is -0.255. The number of aromatic carboxylic acids is 1. The number of carboxylic acids is 1. The van der Waals surface area contributed by atoms with Crippen molar-refractivity contribution in [3.63, 3.8) is 0 Å². The summed E-state index contributed by atoms with van der Waals surface area (Å²) in [6, 6.07) is 12.6. The zero-order valence-electron chi connectivity index (χ0n) is 9.65. The van der Waals surface area contributed by atoms with Crippen LogP contribution in [0, 0.1) is 0 Å². The van der Waals surface area contributed by atoms with Gasteiger partial charge in [0.25, 0.3) is 0 Å². The van der Waals surface area contributed by atoms with E-state index < -0.39 is 16.1 Å². The Bertz CT molecular complexity index is 675. The summed E-state index contributed by atoms with van der Waals surface area (Å²) in [7, 11) is -3.97. The predicted molar refractivity (Wildman–Crippen MR) is 65.0 cm³/mol. The van der Waals surface area contributed by atoms with E-state index in [-0.39, 0.29) is 16.2 Å². The second-order valence-electron chi connectivity index (χ2n) is 3.66. The Kier molecular flexibility index (Phi) is 3.52. The molecule has 0 atom stereocenters. The Hall–Kier alpha value is -2.34. The van der Waals surface area contributed by atoms with Crippen molar-refractivity contribution < 1.29 is 22.5 Å². The first-order valence-electron chi connectivity index (χ1n) is 5.30. The van der Waals surface area contributed by atoms with Gasteiger partial charge >= 0.3 is 10.1 Å². The molecule has 98 valence electrons. The van der Waals surface area contributed by atoms with Gasteiger partial charge in [0.05, 0.1) is 5.97 Å². The molecule has 0 aliphatic rings. The molecular weight excluding hydrogens is 268 g/mol. The molecule has 2 rings (SSSR count). The van der Waals surface area contributed by atoms with Gasteiger partial charge in [-0.3, -0.25) is 0 Å². The van der Waals surface area contributed by atoms with E-state index in [1.807, 2.05) is 0 Å². The van der Waals surface area contributed by atoms with Crippen molar-refractivity contribution in [3.8, 4) is 5.75 Å². The molecule has 0 aromatic heterocycles. The molecule has 0 fully saturated rings. The zero-order valence-corrected chi connectivity index (χ0v) is 10.5. The number of hydrogen-bond acceptors (Lipinski definition) is 5. The van der Waals surface area contributed by atoms with Gasteiger partial charge in [-0.15, -0.1) is 0 Å². The van der Waals surface area contributed by atoms with Gasteiger partial charge in [0.2, 0.25) is 0 Å². The molecule has 0 N–H and O–H groups in total. The summed E-state index contributed by atoms with van der Waals surface area (Å²) in [6.07, 6.45) is 0. The van der Waals surface area contributed by atoms with Gasteiger partial charge in [-0.05, 0) is 29.8 Å². The Labute approximate surface area is 110 Å². The first kappa shape index (κ1) is 13.1. The highest BCUT2D eigenvalue weighted by atomic mass is 32.2. The van der Waals surface area contributed by atoms with Crippen LogP contribution in [0.5, 0.6) is 5.75 Å². The normalized spacial score (nSPS) is 10.9. The molecule has 0 amide bonds. The number of carbonyl (C=O) groups excluding carboxylic acids is 1. The fourth-order valence-corrected chi connectivity index (χ4v) is 2.34. The summed E-state index contributed by atoms with van der Waals surface area (Å²) in [5.74, 6) is -1.18. The first-order chi connectivity index (χ1) is 8.99. The van der Waals surface area contributed by atoms with Crippen molar-refractivity contribution in [1.29, 1.82) is 0 Å². The Morgan fingerprint density at radius 1 is 0.947 bits per heavy atom. The molecule has 2 aromatic rings. The molecule has 19 heavy (non-hydrogen) atoms. The van der Waals surface area contributed by atoms with E-state index in [1.54, 1.807) is 18.2 Å².